The minimum absolute atomic E-state index is 0.0933. The molecule has 1 aromatic carbocycles. The minimum atomic E-state index is 0.0933. The van der Waals surface area contributed by atoms with Gasteiger partial charge in [-0.05, 0) is 50.3 Å². The highest BCUT2D eigenvalue weighted by Gasteiger charge is 2.15. The molecule has 1 heterocycles. The van der Waals surface area contributed by atoms with Gasteiger partial charge in [-0.25, -0.2) is 4.98 Å². The SMILES string of the molecule is CC(N)c1ccc(-n2cnc3c2CCCC3)cc1. The van der Waals surface area contributed by atoms with E-state index in [0.717, 1.165) is 12.8 Å². The Labute approximate surface area is 108 Å². The van der Waals surface area contributed by atoms with E-state index in [1.807, 2.05) is 13.3 Å². The molecule has 0 bridgehead atoms. The van der Waals surface area contributed by atoms with Crippen LogP contribution in [-0.4, -0.2) is 9.55 Å². The maximum absolute atomic E-state index is 5.87. The van der Waals surface area contributed by atoms with Gasteiger partial charge in [0, 0.05) is 17.4 Å². The van der Waals surface area contributed by atoms with Crippen molar-refractivity contribution in [2.75, 3.05) is 0 Å². The molecule has 1 aliphatic rings. The van der Waals surface area contributed by atoms with E-state index >= 15 is 0 Å². The van der Waals surface area contributed by atoms with E-state index < -0.39 is 0 Å². The number of rotatable bonds is 2. The summed E-state index contributed by atoms with van der Waals surface area (Å²) in [7, 11) is 0. The second-order valence-corrected chi connectivity index (χ2v) is 5.10. The molecule has 3 nitrogen and oxygen atoms in total. The number of aryl methyl sites for hydroxylation is 1. The fraction of sp³-hybridized carbons (Fsp3) is 0.400. The molecule has 1 aliphatic carbocycles. The molecule has 2 N–H and O–H groups in total. The van der Waals surface area contributed by atoms with Gasteiger partial charge in [0.15, 0.2) is 0 Å². The summed E-state index contributed by atoms with van der Waals surface area (Å²) in [5.74, 6) is 0. The molecule has 3 heteroatoms. The van der Waals surface area contributed by atoms with Crippen LogP contribution in [0.4, 0.5) is 0 Å². The molecule has 1 atom stereocenters. The first kappa shape index (κ1) is 11.5. The zero-order chi connectivity index (χ0) is 12.5. The number of aromatic nitrogens is 2. The first-order valence-corrected chi connectivity index (χ1v) is 6.67. The lowest BCUT2D eigenvalue weighted by atomic mass is 10.0. The van der Waals surface area contributed by atoms with Crippen molar-refractivity contribution in [3.05, 3.63) is 47.5 Å². The van der Waals surface area contributed by atoms with Crippen LogP contribution in [0.25, 0.3) is 5.69 Å². The summed E-state index contributed by atoms with van der Waals surface area (Å²) >= 11 is 0. The molecule has 0 amide bonds. The van der Waals surface area contributed by atoms with E-state index in [1.54, 1.807) is 0 Å². The van der Waals surface area contributed by atoms with Crippen LogP contribution in [0, 0.1) is 0 Å². The largest absolute Gasteiger partial charge is 0.324 e. The monoisotopic (exact) mass is 241 g/mol. The van der Waals surface area contributed by atoms with E-state index in [1.165, 1.54) is 35.5 Å². The Morgan fingerprint density at radius 1 is 1.17 bits per heavy atom. The third-order valence-corrected chi connectivity index (χ3v) is 3.73. The van der Waals surface area contributed by atoms with Gasteiger partial charge in [0.25, 0.3) is 0 Å². The molecular weight excluding hydrogens is 222 g/mol. The molecule has 2 aromatic rings. The molecule has 0 saturated heterocycles. The van der Waals surface area contributed by atoms with Crippen molar-refractivity contribution in [3.63, 3.8) is 0 Å². The molecule has 1 aromatic heterocycles. The maximum Gasteiger partial charge on any atom is 0.0997 e. The molecule has 0 spiro atoms. The molecule has 0 saturated carbocycles. The molecule has 1 unspecified atom stereocenters. The summed E-state index contributed by atoms with van der Waals surface area (Å²) in [6.45, 7) is 2.01. The first-order valence-electron chi connectivity index (χ1n) is 6.67. The predicted molar refractivity (Wildman–Crippen MR) is 72.8 cm³/mol. The Kier molecular flexibility index (Phi) is 2.92. The summed E-state index contributed by atoms with van der Waals surface area (Å²) in [6.07, 6.45) is 6.77. The smallest absolute Gasteiger partial charge is 0.0997 e. The summed E-state index contributed by atoms with van der Waals surface area (Å²) in [6, 6.07) is 8.57. The normalized spacial score (nSPS) is 16.3. The van der Waals surface area contributed by atoms with Gasteiger partial charge in [-0.15, -0.1) is 0 Å². The Morgan fingerprint density at radius 2 is 1.89 bits per heavy atom. The molecule has 0 fully saturated rings. The van der Waals surface area contributed by atoms with Crippen molar-refractivity contribution in [1.29, 1.82) is 0 Å². The number of fused-ring (bicyclic) bond motifs is 1. The lowest BCUT2D eigenvalue weighted by Gasteiger charge is -2.14. The molecule has 3 rings (SSSR count). The van der Waals surface area contributed by atoms with Gasteiger partial charge in [0.05, 0.1) is 12.0 Å². The zero-order valence-electron chi connectivity index (χ0n) is 10.8. The van der Waals surface area contributed by atoms with Crippen molar-refractivity contribution < 1.29 is 0 Å². The van der Waals surface area contributed by atoms with Gasteiger partial charge in [-0.3, -0.25) is 0 Å². The van der Waals surface area contributed by atoms with Crippen molar-refractivity contribution in [3.8, 4) is 5.69 Å². The van der Waals surface area contributed by atoms with Gasteiger partial charge in [-0.2, -0.15) is 0 Å². The summed E-state index contributed by atoms with van der Waals surface area (Å²) in [5.41, 5.74) is 10.9. The van der Waals surface area contributed by atoms with E-state index in [0.29, 0.717) is 0 Å². The van der Waals surface area contributed by atoms with Crippen LogP contribution in [0.3, 0.4) is 0 Å². The summed E-state index contributed by atoms with van der Waals surface area (Å²) < 4.78 is 2.22. The highest BCUT2D eigenvalue weighted by atomic mass is 15.1. The zero-order valence-corrected chi connectivity index (χ0v) is 10.8. The van der Waals surface area contributed by atoms with Crippen molar-refractivity contribution in [2.24, 2.45) is 5.73 Å². The molecule has 0 radical (unpaired) electrons. The average molecular weight is 241 g/mol. The van der Waals surface area contributed by atoms with E-state index in [4.69, 9.17) is 5.73 Å². The molecule has 94 valence electrons. The second-order valence-electron chi connectivity index (χ2n) is 5.10. The van der Waals surface area contributed by atoms with E-state index in [9.17, 15) is 0 Å². The van der Waals surface area contributed by atoms with Crippen LogP contribution in [0.2, 0.25) is 0 Å². The number of imidazole rings is 1. The highest BCUT2D eigenvalue weighted by molar-refractivity contribution is 5.38. The maximum atomic E-state index is 5.87. The predicted octanol–water partition coefficient (Wildman–Crippen LogP) is 2.77. The Balaban J connectivity index is 1.97. The Bertz CT molecular complexity index is 537. The van der Waals surface area contributed by atoms with Crippen LogP contribution in [0.15, 0.2) is 30.6 Å². The Morgan fingerprint density at radius 3 is 2.61 bits per heavy atom. The van der Waals surface area contributed by atoms with Crippen LogP contribution in [0.5, 0.6) is 0 Å². The van der Waals surface area contributed by atoms with Gasteiger partial charge in [0.1, 0.15) is 0 Å². The lowest BCUT2D eigenvalue weighted by molar-refractivity contribution is 0.656. The molecular formula is C15H19N3. The minimum Gasteiger partial charge on any atom is -0.324 e. The van der Waals surface area contributed by atoms with Crippen LogP contribution in [-0.2, 0) is 12.8 Å². The lowest BCUT2D eigenvalue weighted by Crippen LogP contribution is -2.08. The van der Waals surface area contributed by atoms with Gasteiger partial charge < -0.3 is 10.3 Å². The first-order chi connectivity index (χ1) is 8.75. The number of hydrogen-bond donors (Lipinski definition) is 1. The average Bonchev–Trinajstić information content (AvgIpc) is 2.82. The number of hydrogen-bond acceptors (Lipinski definition) is 2. The number of benzene rings is 1. The quantitative estimate of drug-likeness (QED) is 0.878. The van der Waals surface area contributed by atoms with E-state index in [2.05, 4.69) is 33.8 Å². The summed E-state index contributed by atoms with van der Waals surface area (Å²) in [5, 5.41) is 0. The second kappa shape index (κ2) is 4.58. The Hall–Kier alpha value is -1.61. The molecule has 18 heavy (non-hydrogen) atoms. The topological polar surface area (TPSA) is 43.8 Å². The van der Waals surface area contributed by atoms with Gasteiger partial charge in [-0.1, -0.05) is 12.1 Å². The summed E-state index contributed by atoms with van der Waals surface area (Å²) in [4.78, 5) is 4.53. The van der Waals surface area contributed by atoms with Crippen molar-refractivity contribution in [2.45, 2.75) is 38.6 Å². The van der Waals surface area contributed by atoms with Crippen molar-refractivity contribution in [1.82, 2.24) is 9.55 Å². The fourth-order valence-corrected chi connectivity index (χ4v) is 2.63. The highest BCUT2D eigenvalue weighted by Crippen LogP contribution is 2.23. The van der Waals surface area contributed by atoms with E-state index in [-0.39, 0.29) is 6.04 Å². The van der Waals surface area contributed by atoms with Crippen LogP contribution < -0.4 is 5.73 Å². The number of nitrogens with zero attached hydrogens (tertiary/aromatic N) is 2. The van der Waals surface area contributed by atoms with Crippen LogP contribution in [0.1, 0.15) is 42.8 Å². The van der Waals surface area contributed by atoms with Gasteiger partial charge >= 0.3 is 0 Å². The third kappa shape index (κ3) is 1.95. The molecule has 0 aliphatic heterocycles. The standard InChI is InChI=1S/C15H19N3/c1-11(16)12-6-8-13(9-7-12)18-10-17-14-4-2-3-5-15(14)18/h6-11H,2-5,16H2,1H3. The van der Waals surface area contributed by atoms with Gasteiger partial charge in [0.2, 0.25) is 0 Å². The fourth-order valence-electron chi connectivity index (χ4n) is 2.63. The number of nitrogens with two attached hydrogens (primary N) is 1. The van der Waals surface area contributed by atoms with Crippen LogP contribution >= 0.6 is 0 Å². The third-order valence-electron chi connectivity index (χ3n) is 3.73. The van der Waals surface area contributed by atoms with Crippen molar-refractivity contribution >= 4 is 0 Å².